The van der Waals surface area contributed by atoms with Gasteiger partial charge in [0.05, 0.1) is 5.25 Å². The first-order chi connectivity index (χ1) is 8.31. The summed E-state index contributed by atoms with van der Waals surface area (Å²) in [5.74, 6) is 0. The van der Waals surface area contributed by atoms with Gasteiger partial charge in [-0.05, 0) is 24.1 Å². The third-order valence-corrected chi connectivity index (χ3v) is 3.93. The lowest BCUT2D eigenvalue weighted by Gasteiger charge is -2.21. The summed E-state index contributed by atoms with van der Waals surface area (Å²) in [6.45, 7) is 2.10. The van der Waals surface area contributed by atoms with Crippen molar-refractivity contribution in [3.8, 4) is 0 Å². The zero-order chi connectivity index (χ0) is 12.1. The molecule has 0 aromatic carbocycles. The minimum atomic E-state index is 0.104. The molecule has 3 N–H and O–H groups in total. The SMILES string of the molecule is CCC(N)C(Sc1ncc[nH]1)c1ccncc1. The van der Waals surface area contributed by atoms with E-state index in [0.29, 0.717) is 0 Å². The fourth-order valence-electron chi connectivity index (χ4n) is 1.61. The Bertz CT molecular complexity index is 429. The Labute approximate surface area is 105 Å². The number of pyridine rings is 1. The van der Waals surface area contributed by atoms with Crippen LogP contribution in [0.1, 0.15) is 24.2 Å². The number of H-pyrrole nitrogens is 1. The summed E-state index contributed by atoms with van der Waals surface area (Å²) in [5, 5.41) is 1.10. The van der Waals surface area contributed by atoms with Crippen LogP contribution in [0.4, 0.5) is 0 Å². The van der Waals surface area contributed by atoms with E-state index in [-0.39, 0.29) is 11.3 Å². The van der Waals surface area contributed by atoms with E-state index in [4.69, 9.17) is 5.73 Å². The largest absolute Gasteiger partial charge is 0.340 e. The van der Waals surface area contributed by atoms with Gasteiger partial charge in [-0.1, -0.05) is 18.7 Å². The van der Waals surface area contributed by atoms with Gasteiger partial charge in [-0.3, -0.25) is 4.98 Å². The second-order valence-electron chi connectivity index (χ2n) is 3.79. The molecule has 0 spiro atoms. The summed E-state index contributed by atoms with van der Waals surface area (Å²) in [7, 11) is 0. The lowest BCUT2D eigenvalue weighted by molar-refractivity contribution is 0.632. The van der Waals surface area contributed by atoms with Crippen LogP contribution in [0.3, 0.4) is 0 Å². The van der Waals surface area contributed by atoms with Crippen molar-refractivity contribution in [1.29, 1.82) is 0 Å². The maximum Gasteiger partial charge on any atom is 0.165 e. The standard InChI is InChI=1S/C12H16N4S/c1-2-10(13)11(9-3-5-14-6-4-9)17-12-15-7-8-16-12/h3-8,10-11H,2,13H2,1H3,(H,15,16). The van der Waals surface area contributed by atoms with E-state index in [0.717, 1.165) is 11.6 Å². The Morgan fingerprint density at radius 1 is 1.35 bits per heavy atom. The fourth-order valence-corrected chi connectivity index (χ4v) is 2.76. The molecule has 2 atom stereocenters. The Balaban J connectivity index is 2.20. The van der Waals surface area contributed by atoms with Crippen molar-refractivity contribution in [3.05, 3.63) is 42.5 Å². The highest BCUT2D eigenvalue weighted by molar-refractivity contribution is 7.99. The van der Waals surface area contributed by atoms with E-state index >= 15 is 0 Å². The van der Waals surface area contributed by atoms with Crippen molar-refractivity contribution >= 4 is 11.8 Å². The van der Waals surface area contributed by atoms with Gasteiger partial charge >= 0.3 is 0 Å². The zero-order valence-corrected chi connectivity index (χ0v) is 10.5. The van der Waals surface area contributed by atoms with E-state index in [9.17, 15) is 0 Å². The van der Waals surface area contributed by atoms with Crippen molar-refractivity contribution in [1.82, 2.24) is 15.0 Å². The van der Waals surface area contributed by atoms with Gasteiger partial charge in [0.2, 0.25) is 0 Å². The average Bonchev–Trinajstić information content (AvgIpc) is 2.89. The number of nitrogens with two attached hydrogens (primary N) is 1. The molecule has 0 fully saturated rings. The summed E-state index contributed by atoms with van der Waals surface area (Å²) in [6.07, 6.45) is 8.11. The van der Waals surface area contributed by atoms with E-state index in [1.165, 1.54) is 5.56 Å². The van der Waals surface area contributed by atoms with Crippen molar-refractivity contribution in [2.75, 3.05) is 0 Å². The predicted octanol–water partition coefficient (Wildman–Crippen LogP) is 2.38. The second kappa shape index (κ2) is 5.84. The van der Waals surface area contributed by atoms with Crippen molar-refractivity contribution in [2.24, 2.45) is 5.73 Å². The number of nitrogens with one attached hydrogen (secondary N) is 1. The van der Waals surface area contributed by atoms with Crippen molar-refractivity contribution < 1.29 is 0 Å². The minimum absolute atomic E-state index is 0.104. The molecular weight excluding hydrogens is 232 g/mol. The number of aromatic amines is 1. The Morgan fingerprint density at radius 2 is 2.12 bits per heavy atom. The number of thioether (sulfide) groups is 1. The van der Waals surface area contributed by atoms with E-state index in [2.05, 4.69) is 21.9 Å². The molecule has 0 bridgehead atoms. The Morgan fingerprint density at radius 3 is 2.71 bits per heavy atom. The second-order valence-corrected chi connectivity index (χ2v) is 4.92. The smallest absolute Gasteiger partial charge is 0.165 e. The Hall–Kier alpha value is -1.33. The third-order valence-electron chi connectivity index (χ3n) is 2.61. The molecule has 0 aliphatic carbocycles. The van der Waals surface area contributed by atoms with Crippen LogP contribution in [-0.2, 0) is 0 Å². The number of hydrogen-bond acceptors (Lipinski definition) is 4. The monoisotopic (exact) mass is 248 g/mol. The van der Waals surface area contributed by atoms with Crippen LogP contribution in [0, 0.1) is 0 Å². The summed E-state index contributed by atoms with van der Waals surface area (Å²) < 4.78 is 0. The third kappa shape index (κ3) is 3.08. The molecular formula is C12H16N4S. The van der Waals surface area contributed by atoms with Crippen LogP contribution in [0.2, 0.25) is 0 Å². The van der Waals surface area contributed by atoms with Gasteiger partial charge < -0.3 is 10.7 Å². The molecule has 0 amide bonds. The van der Waals surface area contributed by atoms with Gasteiger partial charge in [-0.15, -0.1) is 0 Å². The first-order valence-electron chi connectivity index (χ1n) is 5.62. The first-order valence-corrected chi connectivity index (χ1v) is 6.50. The minimum Gasteiger partial charge on any atom is -0.340 e. The highest BCUT2D eigenvalue weighted by Gasteiger charge is 2.20. The number of hydrogen-bond donors (Lipinski definition) is 2. The summed E-state index contributed by atoms with van der Waals surface area (Å²) in [6, 6.07) is 4.12. The average molecular weight is 248 g/mol. The van der Waals surface area contributed by atoms with Crippen molar-refractivity contribution in [3.63, 3.8) is 0 Å². The normalized spacial score (nSPS) is 14.5. The van der Waals surface area contributed by atoms with E-state index < -0.39 is 0 Å². The number of aromatic nitrogens is 3. The number of nitrogens with zero attached hydrogens (tertiary/aromatic N) is 2. The summed E-state index contributed by atoms with van der Waals surface area (Å²) >= 11 is 1.66. The number of rotatable bonds is 5. The van der Waals surface area contributed by atoms with Gasteiger partial charge in [0.25, 0.3) is 0 Å². The quantitative estimate of drug-likeness (QED) is 0.797. The Kier molecular flexibility index (Phi) is 4.17. The topological polar surface area (TPSA) is 67.6 Å². The van der Waals surface area contributed by atoms with Crippen LogP contribution in [0.5, 0.6) is 0 Å². The van der Waals surface area contributed by atoms with Gasteiger partial charge in [0.15, 0.2) is 5.16 Å². The van der Waals surface area contributed by atoms with E-state index in [1.54, 1.807) is 30.4 Å². The predicted molar refractivity (Wildman–Crippen MR) is 69.7 cm³/mol. The lowest BCUT2D eigenvalue weighted by atomic mass is 10.1. The summed E-state index contributed by atoms with van der Waals surface area (Å²) in [4.78, 5) is 11.4. The lowest BCUT2D eigenvalue weighted by Crippen LogP contribution is -2.25. The molecule has 90 valence electrons. The highest BCUT2D eigenvalue weighted by Crippen LogP contribution is 2.35. The molecule has 2 rings (SSSR count). The maximum atomic E-state index is 6.18. The molecule has 5 heteroatoms. The van der Waals surface area contributed by atoms with Crippen LogP contribution in [0.15, 0.2) is 42.1 Å². The molecule has 0 saturated heterocycles. The number of imidazole rings is 1. The van der Waals surface area contributed by atoms with Gasteiger partial charge in [0, 0.05) is 30.8 Å². The molecule has 2 aromatic heterocycles. The van der Waals surface area contributed by atoms with Gasteiger partial charge in [0.1, 0.15) is 0 Å². The fraction of sp³-hybridized carbons (Fsp3) is 0.333. The maximum absolute atomic E-state index is 6.18. The molecule has 0 aliphatic rings. The zero-order valence-electron chi connectivity index (χ0n) is 9.71. The van der Waals surface area contributed by atoms with Crippen LogP contribution in [0.25, 0.3) is 0 Å². The first kappa shape index (κ1) is 12.1. The van der Waals surface area contributed by atoms with Gasteiger partial charge in [-0.25, -0.2) is 4.98 Å². The summed E-state index contributed by atoms with van der Waals surface area (Å²) in [5.41, 5.74) is 7.37. The van der Waals surface area contributed by atoms with Crippen LogP contribution < -0.4 is 5.73 Å². The van der Waals surface area contributed by atoms with E-state index in [1.807, 2.05) is 18.3 Å². The van der Waals surface area contributed by atoms with Gasteiger partial charge in [-0.2, -0.15) is 0 Å². The van der Waals surface area contributed by atoms with Crippen LogP contribution in [-0.4, -0.2) is 21.0 Å². The molecule has 2 heterocycles. The molecule has 17 heavy (non-hydrogen) atoms. The van der Waals surface area contributed by atoms with Crippen molar-refractivity contribution in [2.45, 2.75) is 29.8 Å². The molecule has 0 saturated carbocycles. The molecule has 4 nitrogen and oxygen atoms in total. The molecule has 2 aromatic rings. The molecule has 0 aliphatic heterocycles. The highest BCUT2D eigenvalue weighted by atomic mass is 32.2. The molecule has 2 unspecified atom stereocenters. The van der Waals surface area contributed by atoms with Crippen LogP contribution >= 0.6 is 11.8 Å². The molecule has 0 radical (unpaired) electrons.